The first-order chi connectivity index (χ1) is 9.88. The Labute approximate surface area is 121 Å². The first-order valence-corrected chi connectivity index (χ1v) is 6.30. The molecule has 0 saturated heterocycles. The highest BCUT2D eigenvalue weighted by molar-refractivity contribution is 5.80. The minimum atomic E-state index is -1.30. The molecule has 0 fully saturated rings. The van der Waals surface area contributed by atoms with E-state index in [1.54, 1.807) is 12.2 Å². The molecule has 3 N–H and O–H groups in total. The van der Waals surface area contributed by atoms with Gasteiger partial charge in [0.25, 0.3) is 0 Å². The predicted molar refractivity (Wildman–Crippen MR) is 73.8 cm³/mol. The number of carbonyl (C=O) groups excluding carboxylic acids is 1. The van der Waals surface area contributed by atoms with Crippen LogP contribution in [0.15, 0.2) is 36.0 Å². The van der Waals surface area contributed by atoms with Crippen LogP contribution < -0.4 is 5.32 Å². The van der Waals surface area contributed by atoms with Crippen molar-refractivity contribution < 1.29 is 29.3 Å². The number of rotatable bonds is 7. The average molecular weight is 295 g/mol. The smallest absolute Gasteiger partial charge is 0.408 e. The quantitative estimate of drug-likeness (QED) is 0.655. The van der Waals surface area contributed by atoms with E-state index in [0.717, 1.165) is 11.1 Å². The van der Waals surface area contributed by atoms with E-state index in [0.29, 0.717) is 6.42 Å². The van der Waals surface area contributed by atoms with Crippen LogP contribution in [0.5, 0.6) is 0 Å². The summed E-state index contributed by atoms with van der Waals surface area (Å²) in [5.41, 5.74) is 1.73. The second-order valence-corrected chi connectivity index (χ2v) is 4.56. The van der Waals surface area contributed by atoms with Crippen molar-refractivity contribution in [2.45, 2.75) is 25.3 Å². The summed E-state index contributed by atoms with van der Waals surface area (Å²) in [6.45, 7) is 3.82. The van der Waals surface area contributed by atoms with Gasteiger partial charge in [-0.05, 0) is 18.4 Å². The topological polar surface area (TPSA) is 113 Å². The Morgan fingerprint density at radius 1 is 1.38 bits per heavy atom. The number of hydrogen-bond donors (Lipinski definition) is 3. The lowest BCUT2D eigenvalue weighted by Crippen LogP contribution is -2.41. The summed E-state index contributed by atoms with van der Waals surface area (Å²) in [5, 5.41) is 19.5. The summed E-state index contributed by atoms with van der Waals surface area (Å²) in [6.07, 6.45) is 4.56. The van der Waals surface area contributed by atoms with Crippen LogP contribution in [0.4, 0.5) is 4.79 Å². The largest absolute Gasteiger partial charge is 0.481 e. The maximum absolute atomic E-state index is 11.5. The number of aliphatic carboxylic acids is 2. The summed E-state index contributed by atoms with van der Waals surface area (Å²) in [5.74, 6) is -2.43. The summed E-state index contributed by atoms with van der Waals surface area (Å²) in [6, 6.07) is -1.29. The van der Waals surface area contributed by atoms with Crippen molar-refractivity contribution in [1.82, 2.24) is 5.32 Å². The van der Waals surface area contributed by atoms with E-state index in [-0.39, 0.29) is 19.4 Å². The number of carboxylic acids is 2. The zero-order valence-electron chi connectivity index (χ0n) is 11.4. The molecule has 1 amide bonds. The fourth-order valence-electron chi connectivity index (χ4n) is 1.70. The van der Waals surface area contributed by atoms with Crippen LogP contribution in [0.2, 0.25) is 0 Å². The normalized spacial score (nSPS) is 15.0. The molecule has 0 aromatic heterocycles. The van der Waals surface area contributed by atoms with Crippen molar-refractivity contribution in [3.63, 3.8) is 0 Å². The molecule has 0 aromatic rings. The van der Waals surface area contributed by atoms with Gasteiger partial charge in [-0.15, -0.1) is 0 Å². The Morgan fingerprint density at radius 3 is 2.67 bits per heavy atom. The Balaban J connectivity index is 2.41. The lowest BCUT2D eigenvalue weighted by molar-refractivity contribution is -0.140. The molecule has 0 radical (unpaired) electrons. The molecule has 0 aromatic carbocycles. The molecule has 1 rings (SSSR count). The van der Waals surface area contributed by atoms with E-state index in [9.17, 15) is 14.4 Å². The maximum atomic E-state index is 11.5. The molecule has 1 unspecified atom stereocenters. The van der Waals surface area contributed by atoms with Gasteiger partial charge in [0.05, 0.1) is 0 Å². The Kier molecular flexibility index (Phi) is 6.19. The van der Waals surface area contributed by atoms with Crippen LogP contribution >= 0.6 is 0 Å². The van der Waals surface area contributed by atoms with Gasteiger partial charge in [0.15, 0.2) is 0 Å². The van der Waals surface area contributed by atoms with E-state index >= 15 is 0 Å². The first-order valence-electron chi connectivity index (χ1n) is 6.30. The molecule has 0 heterocycles. The Bertz CT molecular complexity index is 506. The van der Waals surface area contributed by atoms with Crippen LogP contribution in [-0.4, -0.2) is 40.9 Å². The van der Waals surface area contributed by atoms with Crippen molar-refractivity contribution in [2.75, 3.05) is 6.61 Å². The van der Waals surface area contributed by atoms with Crippen molar-refractivity contribution in [2.24, 2.45) is 0 Å². The van der Waals surface area contributed by atoms with Crippen LogP contribution in [0.3, 0.4) is 0 Å². The molecular formula is C14H17NO6. The van der Waals surface area contributed by atoms with Crippen LogP contribution in [-0.2, 0) is 14.3 Å². The molecule has 0 bridgehead atoms. The molecule has 1 atom stereocenters. The number of ether oxygens (including phenoxy) is 1. The first kappa shape index (κ1) is 16.5. The Hall–Kier alpha value is -2.57. The van der Waals surface area contributed by atoms with Gasteiger partial charge in [0.1, 0.15) is 12.6 Å². The van der Waals surface area contributed by atoms with Crippen LogP contribution in [0, 0.1) is 0 Å². The van der Waals surface area contributed by atoms with Crippen molar-refractivity contribution in [1.29, 1.82) is 0 Å². The minimum absolute atomic E-state index is 0.0282. The average Bonchev–Trinajstić information content (AvgIpc) is 2.40. The summed E-state index contributed by atoms with van der Waals surface area (Å²) in [4.78, 5) is 32.8. The molecule has 0 saturated carbocycles. The molecule has 0 aliphatic heterocycles. The number of nitrogens with one attached hydrogen (secondary N) is 1. The molecule has 7 heteroatoms. The molecule has 0 spiro atoms. The van der Waals surface area contributed by atoms with Crippen LogP contribution in [0.25, 0.3) is 0 Å². The van der Waals surface area contributed by atoms with Gasteiger partial charge in [-0.2, -0.15) is 0 Å². The third-order valence-electron chi connectivity index (χ3n) is 2.74. The van der Waals surface area contributed by atoms with E-state index in [1.165, 1.54) is 0 Å². The number of carboxylic acid groups (broad SMARTS) is 2. The van der Waals surface area contributed by atoms with Crippen molar-refractivity contribution in [3.8, 4) is 0 Å². The minimum Gasteiger partial charge on any atom is -0.481 e. The molecular weight excluding hydrogens is 278 g/mol. The van der Waals surface area contributed by atoms with E-state index in [4.69, 9.17) is 14.9 Å². The highest BCUT2D eigenvalue weighted by atomic mass is 16.5. The van der Waals surface area contributed by atoms with E-state index in [1.807, 2.05) is 6.08 Å². The molecule has 1 aliphatic carbocycles. The molecule has 21 heavy (non-hydrogen) atoms. The van der Waals surface area contributed by atoms with Crippen molar-refractivity contribution >= 4 is 18.0 Å². The Morgan fingerprint density at radius 2 is 2.10 bits per heavy atom. The predicted octanol–water partition coefficient (Wildman–Crippen LogP) is 1.47. The summed E-state index contributed by atoms with van der Waals surface area (Å²) < 4.78 is 4.91. The number of amides is 1. The lowest BCUT2D eigenvalue weighted by Gasteiger charge is -2.15. The van der Waals surface area contributed by atoms with E-state index in [2.05, 4.69) is 11.9 Å². The molecule has 7 nitrogen and oxygen atoms in total. The third kappa shape index (κ3) is 6.42. The van der Waals surface area contributed by atoms with Gasteiger partial charge >= 0.3 is 18.0 Å². The number of alkyl carbamates (subject to hydrolysis) is 1. The number of allylic oxidation sites excluding steroid dienone is 4. The summed E-state index contributed by atoms with van der Waals surface area (Å²) >= 11 is 0. The zero-order valence-corrected chi connectivity index (χ0v) is 11.4. The van der Waals surface area contributed by atoms with Crippen molar-refractivity contribution in [3.05, 3.63) is 36.0 Å². The highest BCUT2D eigenvalue weighted by Crippen LogP contribution is 2.16. The molecule has 1 aliphatic rings. The number of hydrogen-bond acceptors (Lipinski definition) is 4. The van der Waals surface area contributed by atoms with E-state index < -0.39 is 24.1 Å². The van der Waals surface area contributed by atoms with Gasteiger partial charge in [0.2, 0.25) is 0 Å². The lowest BCUT2D eigenvalue weighted by atomic mass is 10.0. The van der Waals surface area contributed by atoms with Gasteiger partial charge in [0, 0.05) is 6.42 Å². The second kappa shape index (κ2) is 7.88. The maximum Gasteiger partial charge on any atom is 0.408 e. The standard InChI is InChI=1S/C14H17NO6/c1-9-3-2-4-10(7-9)8-21-14(20)15-11(13(18)19)5-6-12(16)17/h2-4,11H,1,5-8H2,(H,15,20)(H,16,17)(H,18,19). The second-order valence-electron chi connectivity index (χ2n) is 4.56. The third-order valence-corrected chi connectivity index (χ3v) is 2.74. The van der Waals surface area contributed by atoms with Crippen LogP contribution in [0.1, 0.15) is 19.3 Å². The fraction of sp³-hybridized carbons (Fsp3) is 0.357. The van der Waals surface area contributed by atoms with Gasteiger partial charge in [-0.25, -0.2) is 9.59 Å². The number of carbonyl (C=O) groups is 3. The van der Waals surface area contributed by atoms with Gasteiger partial charge in [-0.3, -0.25) is 4.79 Å². The highest BCUT2D eigenvalue weighted by Gasteiger charge is 2.21. The molecule has 114 valence electrons. The van der Waals surface area contributed by atoms with Gasteiger partial charge < -0.3 is 20.3 Å². The SMILES string of the molecule is C=C1C=CC=C(COC(=O)NC(CCC(=O)O)C(=O)O)C1. The monoisotopic (exact) mass is 295 g/mol. The summed E-state index contributed by atoms with van der Waals surface area (Å²) in [7, 11) is 0. The zero-order chi connectivity index (χ0) is 15.8. The van der Waals surface area contributed by atoms with Gasteiger partial charge in [-0.1, -0.05) is 30.4 Å². The fourth-order valence-corrected chi connectivity index (χ4v) is 1.70.